The van der Waals surface area contributed by atoms with E-state index in [-0.39, 0.29) is 11.8 Å². The van der Waals surface area contributed by atoms with Gasteiger partial charge in [-0.25, -0.2) is 0 Å². The highest BCUT2D eigenvalue weighted by Gasteiger charge is 2.21. The van der Waals surface area contributed by atoms with Crippen LogP contribution in [0.5, 0.6) is 0 Å². The minimum Gasteiger partial charge on any atom is -0.364 e. The number of nitrogens with one attached hydrogen (secondary N) is 4. The Bertz CT molecular complexity index is 924. The van der Waals surface area contributed by atoms with Gasteiger partial charge in [0.25, 0.3) is 0 Å². The minimum absolute atomic E-state index is 0.161. The molecule has 0 bridgehead atoms. The molecule has 4 heteroatoms. The summed E-state index contributed by atoms with van der Waals surface area (Å²) in [7, 11) is 0. The molecule has 4 nitrogen and oxygen atoms in total. The average Bonchev–Trinajstić information content (AvgIpc) is 3.52. The lowest BCUT2D eigenvalue weighted by atomic mass is 9.88. The second kappa shape index (κ2) is 7.16. The Hall–Kier alpha value is -3.66. The van der Waals surface area contributed by atoms with Gasteiger partial charge in [-0.2, -0.15) is 0 Å². The van der Waals surface area contributed by atoms with E-state index in [0.29, 0.717) is 0 Å². The van der Waals surface area contributed by atoms with Crippen LogP contribution in [-0.2, 0) is 0 Å². The maximum absolute atomic E-state index is 3.38. The van der Waals surface area contributed by atoms with Crippen LogP contribution >= 0.6 is 0 Å². The first-order valence-electron chi connectivity index (χ1n) is 9.53. The van der Waals surface area contributed by atoms with Crippen LogP contribution in [0.2, 0.25) is 0 Å². The van der Waals surface area contributed by atoms with Gasteiger partial charge in [-0.1, -0.05) is 24.3 Å². The Labute approximate surface area is 163 Å². The van der Waals surface area contributed by atoms with Gasteiger partial charge in [-0.05, 0) is 59.7 Å². The van der Waals surface area contributed by atoms with E-state index in [0.717, 1.165) is 0 Å². The van der Waals surface area contributed by atoms with Crippen LogP contribution in [0.4, 0.5) is 0 Å². The normalized spacial score (nSPS) is 11.5. The molecule has 0 radical (unpaired) electrons. The molecule has 5 aromatic rings. The quantitative estimate of drug-likeness (QED) is 0.313. The average molecular weight is 366 g/mol. The number of hydrogen-bond donors (Lipinski definition) is 4. The predicted octanol–water partition coefficient (Wildman–Crippen LogP) is 5.36. The van der Waals surface area contributed by atoms with Gasteiger partial charge in [0, 0.05) is 47.6 Å². The van der Waals surface area contributed by atoms with Crippen LogP contribution in [0.25, 0.3) is 0 Å². The minimum atomic E-state index is 0.161. The third-order valence-corrected chi connectivity index (χ3v) is 5.34. The number of benzene rings is 1. The zero-order valence-corrected chi connectivity index (χ0v) is 15.4. The van der Waals surface area contributed by atoms with E-state index in [1.165, 1.54) is 33.9 Å². The fourth-order valence-corrected chi connectivity index (χ4v) is 4.03. The smallest absolute Gasteiger partial charge is 0.0641 e. The standard InChI is InChI=1S/C24H22N4/c1-5-19(25-13-1)23(20-6-2-14-26-20)17-9-11-18(12-10-17)24(21-7-3-15-27-21)22-8-4-16-28-22/h1-16,23-28H. The van der Waals surface area contributed by atoms with Crippen molar-refractivity contribution >= 4 is 0 Å². The first-order valence-corrected chi connectivity index (χ1v) is 9.53. The van der Waals surface area contributed by atoms with Crippen molar-refractivity contribution in [3.05, 3.63) is 131 Å². The van der Waals surface area contributed by atoms with Crippen molar-refractivity contribution in [2.45, 2.75) is 11.8 Å². The first kappa shape index (κ1) is 16.5. The summed E-state index contributed by atoms with van der Waals surface area (Å²) in [5.41, 5.74) is 7.23. The number of H-pyrrole nitrogens is 4. The maximum Gasteiger partial charge on any atom is 0.0641 e. The molecule has 0 fully saturated rings. The molecule has 28 heavy (non-hydrogen) atoms. The van der Waals surface area contributed by atoms with Crippen molar-refractivity contribution in [1.82, 2.24) is 19.9 Å². The Kier molecular flexibility index (Phi) is 4.22. The Morgan fingerprint density at radius 1 is 0.393 bits per heavy atom. The van der Waals surface area contributed by atoms with E-state index < -0.39 is 0 Å². The van der Waals surface area contributed by atoms with Crippen molar-refractivity contribution in [1.29, 1.82) is 0 Å². The van der Waals surface area contributed by atoms with Crippen LogP contribution in [0, 0.1) is 0 Å². The van der Waals surface area contributed by atoms with Crippen molar-refractivity contribution in [3.8, 4) is 0 Å². The monoisotopic (exact) mass is 366 g/mol. The van der Waals surface area contributed by atoms with E-state index in [2.05, 4.69) is 68.5 Å². The molecule has 0 aliphatic rings. The maximum atomic E-state index is 3.38. The van der Waals surface area contributed by atoms with Gasteiger partial charge in [0.15, 0.2) is 0 Å². The molecule has 0 unspecified atom stereocenters. The summed E-state index contributed by atoms with van der Waals surface area (Å²) in [6.45, 7) is 0. The van der Waals surface area contributed by atoms with Gasteiger partial charge < -0.3 is 19.9 Å². The summed E-state index contributed by atoms with van der Waals surface area (Å²) >= 11 is 0. The first-order chi connectivity index (χ1) is 13.9. The van der Waals surface area contributed by atoms with E-state index in [4.69, 9.17) is 0 Å². The zero-order valence-electron chi connectivity index (χ0n) is 15.4. The fourth-order valence-electron chi connectivity index (χ4n) is 4.03. The highest BCUT2D eigenvalue weighted by Crippen LogP contribution is 2.34. The summed E-state index contributed by atoms with van der Waals surface area (Å²) in [5, 5.41) is 0. The number of aromatic amines is 4. The number of hydrogen-bond acceptors (Lipinski definition) is 0. The molecule has 0 amide bonds. The Morgan fingerprint density at radius 2 is 0.679 bits per heavy atom. The predicted molar refractivity (Wildman–Crippen MR) is 112 cm³/mol. The SMILES string of the molecule is c1c[nH]c(C(c2ccc(C(c3ccc[nH]3)c3ccc[nH]3)cc2)c2ccc[nH]2)c1. The van der Waals surface area contributed by atoms with E-state index in [9.17, 15) is 0 Å². The molecule has 0 saturated carbocycles. The topological polar surface area (TPSA) is 63.2 Å². The second-order valence-electron chi connectivity index (χ2n) is 7.03. The molecule has 0 saturated heterocycles. The van der Waals surface area contributed by atoms with Gasteiger partial charge in [-0.15, -0.1) is 0 Å². The van der Waals surface area contributed by atoms with Crippen LogP contribution in [0.15, 0.2) is 97.6 Å². The summed E-state index contributed by atoms with van der Waals surface area (Å²) < 4.78 is 0. The summed E-state index contributed by atoms with van der Waals surface area (Å²) in [5.74, 6) is 0.321. The summed E-state index contributed by atoms with van der Waals surface area (Å²) in [6, 6.07) is 25.7. The van der Waals surface area contributed by atoms with Crippen molar-refractivity contribution in [2.24, 2.45) is 0 Å². The van der Waals surface area contributed by atoms with Gasteiger partial charge >= 0.3 is 0 Å². The lowest BCUT2D eigenvalue weighted by Crippen LogP contribution is -2.07. The van der Waals surface area contributed by atoms with Gasteiger partial charge in [0.05, 0.1) is 11.8 Å². The Morgan fingerprint density at radius 3 is 0.893 bits per heavy atom. The van der Waals surface area contributed by atoms with Gasteiger partial charge in [-0.3, -0.25) is 0 Å². The van der Waals surface area contributed by atoms with Crippen molar-refractivity contribution < 1.29 is 0 Å². The molecule has 0 spiro atoms. The van der Waals surface area contributed by atoms with E-state index >= 15 is 0 Å². The number of aromatic nitrogens is 4. The molecular formula is C24H22N4. The van der Waals surface area contributed by atoms with Gasteiger partial charge in [0.2, 0.25) is 0 Å². The molecule has 0 atom stereocenters. The number of rotatable bonds is 6. The molecule has 0 aliphatic carbocycles. The van der Waals surface area contributed by atoms with Crippen molar-refractivity contribution in [2.75, 3.05) is 0 Å². The second-order valence-corrected chi connectivity index (χ2v) is 7.03. The third kappa shape index (κ3) is 2.99. The molecule has 4 N–H and O–H groups in total. The lowest BCUT2D eigenvalue weighted by Gasteiger charge is -2.19. The largest absolute Gasteiger partial charge is 0.364 e. The van der Waals surface area contributed by atoms with Crippen LogP contribution < -0.4 is 0 Å². The third-order valence-electron chi connectivity index (χ3n) is 5.34. The molecular weight excluding hydrogens is 344 g/mol. The van der Waals surface area contributed by atoms with Crippen molar-refractivity contribution in [3.63, 3.8) is 0 Å². The van der Waals surface area contributed by atoms with Crippen LogP contribution in [0.3, 0.4) is 0 Å². The zero-order chi connectivity index (χ0) is 18.8. The van der Waals surface area contributed by atoms with Gasteiger partial charge in [0.1, 0.15) is 0 Å². The molecule has 0 aliphatic heterocycles. The van der Waals surface area contributed by atoms with Crippen LogP contribution in [0.1, 0.15) is 45.7 Å². The van der Waals surface area contributed by atoms with Crippen LogP contribution in [-0.4, -0.2) is 19.9 Å². The highest BCUT2D eigenvalue weighted by atomic mass is 14.8. The Balaban J connectivity index is 1.54. The fraction of sp³-hybridized carbons (Fsp3) is 0.0833. The van der Waals surface area contributed by atoms with E-state index in [1.807, 2.05) is 49.1 Å². The molecule has 138 valence electrons. The molecule has 4 heterocycles. The molecule has 5 rings (SSSR count). The molecule has 4 aromatic heterocycles. The lowest BCUT2D eigenvalue weighted by molar-refractivity contribution is 0.879. The molecule has 1 aromatic carbocycles. The van der Waals surface area contributed by atoms with E-state index in [1.54, 1.807) is 0 Å². The summed E-state index contributed by atoms with van der Waals surface area (Å²) in [4.78, 5) is 13.5. The summed E-state index contributed by atoms with van der Waals surface area (Å²) in [6.07, 6.45) is 7.91. The highest BCUT2D eigenvalue weighted by molar-refractivity contribution is 5.43.